The van der Waals surface area contributed by atoms with Crippen LogP contribution >= 0.6 is 0 Å². The summed E-state index contributed by atoms with van der Waals surface area (Å²) in [4.78, 5) is 19.2. The van der Waals surface area contributed by atoms with Gasteiger partial charge in [0.15, 0.2) is 11.5 Å². The first-order valence-corrected chi connectivity index (χ1v) is 8.37. The number of methoxy groups -OCH3 is 1. The minimum absolute atomic E-state index is 0.0736. The van der Waals surface area contributed by atoms with E-state index < -0.39 is 0 Å². The van der Waals surface area contributed by atoms with Gasteiger partial charge < -0.3 is 20.1 Å². The third-order valence-corrected chi connectivity index (χ3v) is 4.25. The molecule has 6 nitrogen and oxygen atoms in total. The average molecular weight is 341 g/mol. The number of rotatable bonds is 6. The lowest BCUT2D eigenvalue weighted by atomic mass is 10.1. The second-order valence-electron chi connectivity index (χ2n) is 6.08. The van der Waals surface area contributed by atoms with Gasteiger partial charge in [0.25, 0.3) is 5.91 Å². The van der Waals surface area contributed by atoms with Crippen LogP contribution in [0, 0.1) is 6.92 Å². The summed E-state index contributed by atoms with van der Waals surface area (Å²) in [5, 5.41) is 0. The first-order valence-electron chi connectivity index (χ1n) is 8.37. The molecule has 0 saturated heterocycles. The first kappa shape index (κ1) is 17.2. The predicted molar refractivity (Wildman–Crippen MR) is 94.7 cm³/mol. The Kier molecular flexibility index (Phi) is 5.19. The van der Waals surface area contributed by atoms with Crippen LogP contribution in [0.2, 0.25) is 0 Å². The second-order valence-corrected chi connectivity index (χ2v) is 6.08. The van der Waals surface area contributed by atoms with E-state index in [9.17, 15) is 4.79 Å². The van der Waals surface area contributed by atoms with Crippen molar-refractivity contribution in [2.24, 2.45) is 5.73 Å². The number of hydrogen-bond acceptors (Lipinski definition) is 5. The van der Waals surface area contributed by atoms with Crippen molar-refractivity contribution in [3.05, 3.63) is 52.8 Å². The Morgan fingerprint density at radius 2 is 2.12 bits per heavy atom. The van der Waals surface area contributed by atoms with Gasteiger partial charge in [0.1, 0.15) is 0 Å². The van der Waals surface area contributed by atoms with Crippen LogP contribution in [0.4, 0.5) is 0 Å². The maximum absolute atomic E-state index is 13.1. The zero-order valence-electron chi connectivity index (χ0n) is 14.6. The van der Waals surface area contributed by atoms with Crippen LogP contribution in [0.3, 0.4) is 0 Å². The number of carbonyl (C=O) groups excluding carboxylic acids is 1. The van der Waals surface area contributed by atoms with Crippen LogP contribution in [0.1, 0.15) is 33.6 Å². The highest BCUT2D eigenvalue weighted by Gasteiger charge is 2.27. The molecule has 0 aliphatic carbocycles. The van der Waals surface area contributed by atoms with E-state index in [0.29, 0.717) is 49.7 Å². The van der Waals surface area contributed by atoms with Crippen molar-refractivity contribution in [3.63, 3.8) is 0 Å². The summed E-state index contributed by atoms with van der Waals surface area (Å²) in [5.74, 6) is 0.960. The number of benzene rings is 1. The average Bonchev–Trinajstić information content (AvgIpc) is 3.04. The molecule has 6 heteroatoms. The van der Waals surface area contributed by atoms with Crippen molar-refractivity contribution in [2.45, 2.75) is 26.4 Å². The predicted octanol–water partition coefficient (Wildman–Crippen LogP) is 2.28. The Balaban J connectivity index is 1.85. The quantitative estimate of drug-likeness (QED) is 0.816. The summed E-state index contributed by atoms with van der Waals surface area (Å²) >= 11 is 0. The van der Waals surface area contributed by atoms with Crippen molar-refractivity contribution in [3.8, 4) is 11.5 Å². The van der Waals surface area contributed by atoms with Crippen LogP contribution in [0.25, 0.3) is 0 Å². The number of pyridine rings is 1. The van der Waals surface area contributed by atoms with E-state index in [4.69, 9.17) is 15.2 Å². The summed E-state index contributed by atoms with van der Waals surface area (Å²) < 4.78 is 11.2. The fourth-order valence-corrected chi connectivity index (χ4v) is 2.97. The Morgan fingerprint density at radius 3 is 2.88 bits per heavy atom. The van der Waals surface area contributed by atoms with Crippen molar-refractivity contribution < 1.29 is 14.3 Å². The molecule has 0 radical (unpaired) electrons. The molecule has 0 spiro atoms. The Morgan fingerprint density at radius 1 is 1.32 bits per heavy atom. The molecule has 132 valence electrons. The first-order chi connectivity index (χ1) is 12.1. The highest BCUT2D eigenvalue weighted by molar-refractivity contribution is 5.98. The molecule has 0 atom stereocenters. The van der Waals surface area contributed by atoms with Crippen LogP contribution in [0.15, 0.2) is 30.5 Å². The summed E-state index contributed by atoms with van der Waals surface area (Å²) in [5.41, 5.74) is 9.23. The number of hydrogen-bond donors (Lipinski definition) is 1. The zero-order chi connectivity index (χ0) is 17.8. The van der Waals surface area contributed by atoms with Gasteiger partial charge in [-0.15, -0.1) is 0 Å². The van der Waals surface area contributed by atoms with Gasteiger partial charge in [0, 0.05) is 25.0 Å². The topological polar surface area (TPSA) is 77.7 Å². The molecule has 1 amide bonds. The number of carbonyl (C=O) groups is 1. The fourth-order valence-electron chi connectivity index (χ4n) is 2.97. The SMILES string of the molecule is COc1cccc(C(=O)N2Cc3cnc(C)cc3C2)c1OCCCN. The van der Waals surface area contributed by atoms with Gasteiger partial charge in [0.05, 0.1) is 19.3 Å². The molecule has 0 fully saturated rings. The van der Waals surface area contributed by atoms with E-state index in [1.165, 1.54) is 0 Å². The summed E-state index contributed by atoms with van der Waals surface area (Å²) in [6.45, 7) is 4.07. The van der Waals surface area contributed by atoms with E-state index in [-0.39, 0.29) is 5.91 Å². The molecule has 0 unspecified atom stereocenters. The number of fused-ring (bicyclic) bond motifs is 1. The van der Waals surface area contributed by atoms with Crippen molar-refractivity contribution in [1.82, 2.24) is 9.88 Å². The maximum atomic E-state index is 13.1. The lowest BCUT2D eigenvalue weighted by Gasteiger charge is -2.19. The van der Waals surface area contributed by atoms with Gasteiger partial charge in [-0.2, -0.15) is 0 Å². The monoisotopic (exact) mass is 341 g/mol. The molecule has 25 heavy (non-hydrogen) atoms. The van der Waals surface area contributed by atoms with Gasteiger partial charge in [-0.3, -0.25) is 9.78 Å². The van der Waals surface area contributed by atoms with Crippen LogP contribution in [-0.4, -0.2) is 36.1 Å². The normalized spacial score (nSPS) is 12.8. The van der Waals surface area contributed by atoms with Gasteiger partial charge in [-0.05, 0) is 49.2 Å². The van der Waals surface area contributed by atoms with Gasteiger partial charge in [-0.25, -0.2) is 0 Å². The standard InChI is InChI=1S/C19H23N3O3/c1-13-9-14-11-22(12-15(14)10-21-13)19(23)16-5-3-6-17(24-2)18(16)25-8-4-7-20/h3,5-6,9-10H,4,7-8,11-12,20H2,1-2H3. The Bertz CT molecular complexity index is 777. The Hall–Kier alpha value is -2.60. The number of nitrogens with two attached hydrogens (primary N) is 1. The molecule has 0 saturated carbocycles. The Labute approximate surface area is 147 Å². The maximum Gasteiger partial charge on any atom is 0.258 e. The van der Waals surface area contributed by atoms with Crippen LogP contribution < -0.4 is 15.2 Å². The lowest BCUT2D eigenvalue weighted by Crippen LogP contribution is -2.26. The molecule has 0 bridgehead atoms. The second kappa shape index (κ2) is 7.53. The van der Waals surface area contributed by atoms with Crippen molar-refractivity contribution in [1.29, 1.82) is 0 Å². The summed E-state index contributed by atoms with van der Waals surface area (Å²) in [6, 6.07) is 7.40. The fraction of sp³-hybridized carbons (Fsp3) is 0.368. The molecule has 1 aromatic carbocycles. The molecular weight excluding hydrogens is 318 g/mol. The third kappa shape index (κ3) is 3.58. The molecule has 2 N–H and O–H groups in total. The molecule has 1 aliphatic rings. The molecule has 1 aliphatic heterocycles. The number of ether oxygens (including phenoxy) is 2. The van der Waals surface area contributed by atoms with E-state index in [2.05, 4.69) is 4.98 Å². The molecule has 2 aromatic rings. The highest BCUT2D eigenvalue weighted by Crippen LogP contribution is 2.34. The summed E-state index contributed by atoms with van der Waals surface area (Å²) in [6.07, 6.45) is 2.56. The lowest BCUT2D eigenvalue weighted by molar-refractivity contribution is 0.0746. The smallest absolute Gasteiger partial charge is 0.258 e. The van der Waals surface area contributed by atoms with Gasteiger partial charge in [0.2, 0.25) is 0 Å². The molecule has 1 aromatic heterocycles. The number of para-hydroxylation sites is 1. The van der Waals surface area contributed by atoms with Crippen molar-refractivity contribution >= 4 is 5.91 Å². The van der Waals surface area contributed by atoms with Gasteiger partial charge in [-0.1, -0.05) is 6.07 Å². The molecule has 3 rings (SSSR count). The number of aryl methyl sites for hydroxylation is 1. The minimum Gasteiger partial charge on any atom is -0.493 e. The van der Waals surface area contributed by atoms with Crippen molar-refractivity contribution in [2.75, 3.05) is 20.3 Å². The number of amides is 1. The third-order valence-electron chi connectivity index (χ3n) is 4.25. The number of aromatic nitrogens is 1. The van der Waals surface area contributed by atoms with Gasteiger partial charge >= 0.3 is 0 Å². The zero-order valence-corrected chi connectivity index (χ0v) is 14.6. The van der Waals surface area contributed by atoms with Crippen LogP contribution in [0.5, 0.6) is 11.5 Å². The van der Waals surface area contributed by atoms with Crippen LogP contribution in [-0.2, 0) is 13.1 Å². The van der Waals surface area contributed by atoms with E-state index >= 15 is 0 Å². The molecule has 2 heterocycles. The van der Waals surface area contributed by atoms with E-state index in [0.717, 1.165) is 16.8 Å². The molecular formula is C19H23N3O3. The summed E-state index contributed by atoms with van der Waals surface area (Å²) in [7, 11) is 1.57. The van der Waals surface area contributed by atoms with E-state index in [1.807, 2.05) is 19.2 Å². The largest absolute Gasteiger partial charge is 0.493 e. The highest BCUT2D eigenvalue weighted by atomic mass is 16.5. The minimum atomic E-state index is -0.0736. The number of nitrogens with zero attached hydrogens (tertiary/aromatic N) is 2. The van der Waals surface area contributed by atoms with E-state index in [1.54, 1.807) is 30.2 Å².